The molecule has 2 rings (SSSR count). The number of carbonyl (C=O) groups excluding carboxylic acids is 2. The van der Waals surface area contributed by atoms with Gasteiger partial charge in [0.15, 0.2) is 5.78 Å². The first-order valence-electron chi connectivity index (χ1n) is 9.73. The molecule has 1 aromatic carbocycles. The zero-order chi connectivity index (χ0) is 20.7. The van der Waals surface area contributed by atoms with Gasteiger partial charge in [-0.2, -0.15) is 0 Å². The summed E-state index contributed by atoms with van der Waals surface area (Å²) in [5.41, 5.74) is 1.48. The van der Waals surface area contributed by atoms with Gasteiger partial charge in [-0.1, -0.05) is 25.2 Å². The number of carbonyl (C=O) groups is 2. The Kier molecular flexibility index (Phi) is 7.81. The summed E-state index contributed by atoms with van der Waals surface area (Å²) in [5.74, 6) is -1.28. The molecule has 1 aliphatic heterocycles. The highest BCUT2D eigenvalue weighted by Gasteiger charge is 2.20. The van der Waals surface area contributed by atoms with Gasteiger partial charge in [0.05, 0.1) is 6.61 Å². The van der Waals surface area contributed by atoms with Crippen LogP contribution in [0, 0.1) is 5.92 Å². The average molecular weight is 387 g/mol. The van der Waals surface area contributed by atoms with Crippen molar-refractivity contribution in [1.82, 2.24) is 0 Å². The van der Waals surface area contributed by atoms with Crippen molar-refractivity contribution in [3.63, 3.8) is 0 Å². The molecule has 0 aromatic heterocycles. The monoisotopic (exact) mass is 387 g/mol. The van der Waals surface area contributed by atoms with E-state index in [1.165, 1.54) is 6.08 Å². The fourth-order valence-corrected chi connectivity index (χ4v) is 3.07. The van der Waals surface area contributed by atoms with Crippen molar-refractivity contribution in [2.75, 3.05) is 24.6 Å². The number of hydrogen-bond acceptors (Lipinski definition) is 6. The first-order chi connectivity index (χ1) is 13.4. The molecule has 0 saturated heterocycles. The number of benzene rings is 1. The molecule has 0 saturated carbocycles. The molecule has 0 radical (unpaired) electrons. The molecule has 1 aliphatic rings. The number of allylic oxidation sites excluding steroid dienone is 1. The molecule has 0 bridgehead atoms. The number of ether oxygens (including phenoxy) is 1. The molecule has 2 N–H and O–H groups in total. The van der Waals surface area contributed by atoms with Crippen LogP contribution in [0.3, 0.4) is 0 Å². The number of phenols is 1. The lowest BCUT2D eigenvalue weighted by Gasteiger charge is -2.23. The van der Waals surface area contributed by atoms with Crippen LogP contribution in [0.2, 0.25) is 0 Å². The average Bonchev–Trinajstić information content (AvgIpc) is 2.67. The number of cyclic esters (lactones) is 1. The van der Waals surface area contributed by atoms with E-state index in [1.807, 2.05) is 19.9 Å². The summed E-state index contributed by atoms with van der Waals surface area (Å²) in [7, 11) is 0. The standard InChI is InChI=1S/C22H29NO5/c1-4-23(5-2)17-12-16-8-6-7-9-18(24)19(25)11-10-15(3)14-28-22(27)21(16)20(26)13-17/h6,8,10-13,15,18,24,26H,4-5,7,9,14H2,1-3H3/b8-6+,11-10-/t15-,18+/m1/s1. The van der Waals surface area contributed by atoms with Crippen LogP contribution >= 0.6 is 0 Å². The second kappa shape index (κ2) is 10.1. The van der Waals surface area contributed by atoms with E-state index in [-0.39, 0.29) is 36.0 Å². The lowest BCUT2D eigenvalue weighted by molar-refractivity contribution is -0.122. The van der Waals surface area contributed by atoms with Gasteiger partial charge in [0.2, 0.25) is 0 Å². The third kappa shape index (κ3) is 5.45. The first-order valence-corrected chi connectivity index (χ1v) is 9.73. The summed E-state index contributed by atoms with van der Waals surface area (Å²) < 4.78 is 5.35. The summed E-state index contributed by atoms with van der Waals surface area (Å²) >= 11 is 0. The van der Waals surface area contributed by atoms with Gasteiger partial charge in [-0.25, -0.2) is 4.79 Å². The Hall–Kier alpha value is -2.60. The van der Waals surface area contributed by atoms with Crippen LogP contribution in [0.25, 0.3) is 6.08 Å². The van der Waals surface area contributed by atoms with Crippen LogP contribution in [0.15, 0.2) is 30.4 Å². The van der Waals surface area contributed by atoms with E-state index < -0.39 is 12.1 Å². The Balaban J connectivity index is 2.44. The second-order valence-corrected chi connectivity index (χ2v) is 6.93. The van der Waals surface area contributed by atoms with E-state index in [9.17, 15) is 19.8 Å². The second-order valence-electron chi connectivity index (χ2n) is 6.93. The van der Waals surface area contributed by atoms with Crippen molar-refractivity contribution in [2.24, 2.45) is 5.92 Å². The minimum atomic E-state index is -1.06. The van der Waals surface area contributed by atoms with Crippen LogP contribution in [0.1, 0.15) is 49.5 Å². The summed E-state index contributed by atoms with van der Waals surface area (Å²) in [4.78, 5) is 26.6. The predicted molar refractivity (Wildman–Crippen MR) is 110 cm³/mol. The summed E-state index contributed by atoms with van der Waals surface area (Å²) in [5, 5.41) is 20.5. The molecule has 0 spiro atoms. The van der Waals surface area contributed by atoms with Gasteiger partial charge in [0.25, 0.3) is 0 Å². The van der Waals surface area contributed by atoms with Gasteiger partial charge in [-0.3, -0.25) is 4.79 Å². The number of hydrogen-bond donors (Lipinski definition) is 2. The van der Waals surface area contributed by atoms with E-state index in [0.717, 1.165) is 18.8 Å². The van der Waals surface area contributed by atoms with Crippen LogP contribution in [-0.2, 0) is 9.53 Å². The van der Waals surface area contributed by atoms with Crippen LogP contribution < -0.4 is 4.90 Å². The van der Waals surface area contributed by atoms with E-state index in [4.69, 9.17) is 4.74 Å². The van der Waals surface area contributed by atoms with Gasteiger partial charge >= 0.3 is 5.97 Å². The Morgan fingerprint density at radius 2 is 1.89 bits per heavy atom. The number of phenolic OH excluding ortho intramolecular Hbond substituents is 1. The largest absolute Gasteiger partial charge is 0.507 e. The zero-order valence-electron chi connectivity index (χ0n) is 16.7. The highest BCUT2D eigenvalue weighted by molar-refractivity contribution is 5.97. The zero-order valence-corrected chi connectivity index (χ0v) is 16.7. The Morgan fingerprint density at radius 1 is 1.18 bits per heavy atom. The van der Waals surface area contributed by atoms with E-state index >= 15 is 0 Å². The highest BCUT2D eigenvalue weighted by Crippen LogP contribution is 2.31. The Bertz CT molecular complexity index is 764. The molecule has 28 heavy (non-hydrogen) atoms. The summed E-state index contributed by atoms with van der Waals surface area (Å²) in [6.07, 6.45) is 6.15. The number of aliphatic hydroxyl groups excluding tert-OH is 1. The molecule has 152 valence electrons. The lowest BCUT2D eigenvalue weighted by atomic mass is 10.0. The Morgan fingerprint density at radius 3 is 2.57 bits per heavy atom. The van der Waals surface area contributed by atoms with Gasteiger partial charge < -0.3 is 19.8 Å². The predicted octanol–water partition coefficient (Wildman–Crippen LogP) is 3.32. The molecule has 1 heterocycles. The topological polar surface area (TPSA) is 87.1 Å². The number of aromatic hydroxyl groups is 1. The molecule has 6 nitrogen and oxygen atoms in total. The molecule has 1 aromatic rings. The molecular weight excluding hydrogens is 358 g/mol. The number of esters is 1. The quantitative estimate of drug-likeness (QED) is 0.774. The molecular formula is C22H29NO5. The lowest BCUT2D eigenvalue weighted by Crippen LogP contribution is -2.22. The van der Waals surface area contributed by atoms with E-state index in [0.29, 0.717) is 12.0 Å². The SMILES string of the molecule is CCN(CC)c1cc(O)c2c(c1)/C=C/CC[C@H](O)C(=O)/C=C\[C@@H](C)COC2=O. The highest BCUT2D eigenvalue weighted by atomic mass is 16.5. The van der Waals surface area contributed by atoms with Gasteiger partial charge in [0.1, 0.15) is 17.4 Å². The number of nitrogens with zero attached hydrogens (tertiary/aromatic N) is 1. The van der Waals surface area contributed by atoms with Crippen molar-refractivity contribution in [3.8, 4) is 5.75 Å². The van der Waals surface area contributed by atoms with E-state index in [2.05, 4.69) is 4.90 Å². The van der Waals surface area contributed by atoms with Crippen LogP contribution in [-0.4, -0.2) is 47.8 Å². The molecule has 0 amide bonds. The van der Waals surface area contributed by atoms with Crippen molar-refractivity contribution in [2.45, 2.75) is 39.7 Å². The number of fused-ring (bicyclic) bond motifs is 1. The molecule has 2 atom stereocenters. The third-order valence-electron chi connectivity index (χ3n) is 4.76. The maximum atomic E-state index is 12.6. The van der Waals surface area contributed by atoms with Gasteiger partial charge in [-0.15, -0.1) is 0 Å². The first kappa shape index (κ1) is 21.7. The van der Waals surface area contributed by atoms with Crippen molar-refractivity contribution < 1.29 is 24.5 Å². The van der Waals surface area contributed by atoms with Crippen LogP contribution in [0.4, 0.5) is 5.69 Å². The van der Waals surface area contributed by atoms with Crippen molar-refractivity contribution >= 4 is 23.5 Å². The maximum absolute atomic E-state index is 12.6. The summed E-state index contributed by atoms with van der Waals surface area (Å²) in [6, 6.07) is 3.42. The molecule has 0 aliphatic carbocycles. The fraction of sp³-hybridized carbons (Fsp3) is 0.455. The maximum Gasteiger partial charge on any atom is 0.342 e. The van der Waals surface area contributed by atoms with Crippen molar-refractivity contribution in [1.29, 1.82) is 0 Å². The Labute approximate surface area is 166 Å². The number of ketones is 1. The minimum Gasteiger partial charge on any atom is -0.507 e. The van der Waals surface area contributed by atoms with Crippen LogP contribution in [0.5, 0.6) is 5.75 Å². The van der Waals surface area contributed by atoms with E-state index in [1.54, 1.807) is 31.2 Å². The minimum absolute atomic E-state index is 0.0686. The van der Waals surface area contributed by atoms with Crippen molar-refractivity contribution in [3.05, 3.63) is 41.5 Å². The number of aliphatic hydroxyl groups is 1. The molecule has 0 fully saturated rings. The fourth-order valence-electron chi connectivity index (χ4n) is 3.07. The molecule has 6 heteroatoms. The van der Waals surface area contributed by atoms with Gasteiger partial charge in [0, 0.05) is 30.8 Å². The smallest absolute Gasteiger partial charge is 0.342 e. The number of rotatable bonds is 3. The molecule has 0 unspecified atom stereocenters. The number of anilines is 1. The third-order valence-corrected chi connectivity index (χ3v) is 4.76. The normalized spacial score (nSPS) is 23.3. The van der Waals surface area contributed by atoms with Gasteiger partial charge in [-0.05, 0) is 44.4 Å². The summed E-state index contributed by atoms with van der Waals surface area (Å²) in [6.45, 7) is 7.44.